The first-order valence-electron chi connectivity index (χ1n) is 6.85. The fraction of sp³-hybridized carbons (Fsp3) is 0.800. The summed E-state index contributed by atoms with van der Waals surface area (Å²) in [5.74, 6) is 2.51. The van der Waals surface area contributed by atoms with E-state index in [1.165, 1.54) is 5.57 Å². The molecule has 2 aliphatic carbocycles. The first-order valence-corrected chi connectivity index (χ1v) is 6.85. The molecule has 0 aromatic heterocycles. The smallest absolute Gasteiger partial charge is 0.136 e. The second-order valence-electron chi connectivity index (χ2n) is 6.10. The van der Waals surface area contributed by atoms with Crippen LogP contribution in [0.4, 0.5) is 0 Å². The molecule has 0 bridgehead atoms. The Morgan fingerprint density at radius 2 is 2.24 bits per heavy atom. The van der Waals surface area contributed by atoms with Crippen LogP contribution < -0.4 is 0 Å². The first kappa shape index (κ1) is 12.8. The number of allylic oxidation sites excluding steroid dienone is 1. The molecule has 0 saturated heterocycles. The molecule has 2 nitrogen and oxygen atoms in total. The summed E-state index contributed by atoms with van der Waals surface area (Å²) >= 11 is 0. The molecule has 1 N–H and O–H groups in total. The third-order valence-corrected chi connectivity index (χ3v) is 5.01. The lowest BCUT2D eigenvalue weighted by atomic mass is 9.59. The molecule has 0 spiro atoms. The summed E-state index contributed by atoms with van der Waals surface area (Å²) in [7, 11) is 0. The fourth-order valence-electron chi connectivity index (χ4n) is 3.79. The topological polar surface area (TPSA) is 37.3 Å². The highest BCUT2D eigenvalue weighted by Crippen LogP contribution is 2.48. The van der Waals surface area contributed by atoms with Gasteiger partial charge in [0.15, 0.2) is 0 Å². The number of rotatable bonds is 2. The molecule has 0 radical (unpaired) electrons. The molecular weight excluding hydrogens is 212 g/mol. The summed E-state index contributed by atoms with van der Waals surface area (Å²) in [4.78, 5) is 11.9. The predicted octanol–water partition coefficient (Wildman–Crippen LogP) is 2.81. The van der Waals surface area contributed by atoms with Crippen LogP contribution >= 0.6 is 0 Å². The molecule has 0 amide bonds. The Hall–Kier alpha value is -0.630. The highest BCUT2D eigenvalue weighted by Gasteiger charge is 2.43. The van der Waals surface area contributed by atoms with Crippen LogP contribution in [0.3, 0.4) is 0 Å². The monoisotopic (exact) mass is 236 g/mol. The zero-order valence-electron chi connectivity index (χ0n) is 11.0. The minimum Gasteiger partial charge on any atom is -0.396 e. The van der Waals surface area contributed by atoms with Gasteiger partial charge in [0.2, 0.25) is 0 Å². The molecule has 2 fully saturated rings. The van der Waals surface area contributed by atoms with E-state index >= 15 is 0 Å². The van der Waals surface area contributed by atoms with E-state index in [4.69, 9.17) is 0 Å². The maximum atomic E-state index is 11.9. The predicted molar refractivity (Wildman–Crippen MR) is 68.5 cm³/mol. The molecule has 0 aromatic carbocycles. The molecule has 96 valence electrons. The van der Waals surface area contributed by atoms with Gasteiger partial charge in [0.1, 0.15) is 5.78 Å². The van der Waals surface area contributed by atoms with Crippen molar-refractivity contribution in [3.63, 3.8) is 0 Å². The SMILES string of the molecule is C=C1CC[C@@H]([C@H](C)CO)[C@@H]2C[C@H](C)C(=O)C[C@@H]12. The van der Waals surface area contributed by atoms with E-state index in [-0.39, 0.29) is 12.5 Å². The second-order valence-corrected chi connectivity index (χ2v) is 6.10. The molecule has 0 aliphatic heterocycles. The summed E-state index contributed by atoms with van der Waals surface area (Å²) in [6, 6.07) is 0. The standard InChI is InChI=1S/C15H24O2/c1-9-4-5-12(11(3)8-16)14-6-10(2)15(17)7-13(9)14/h10-14,16H,1,4-8H2,2-3H3/t10-,11+,12-,13-,14-/m0/s1. The minimum atomic E-state index is 0.204. The van der Waals surface area contributed by atoms with Crippen LogP contribution in [0.1, 0.15) is 39.5 Å². The Labute approximate surface area is 104 Å². The van der Waals surface area contributed by atoms with E-state index in [9.17, 15) is 9.90 Å². The van der Waals surface area contributed by atoms with Crippen LogP contribution in [-0.4, -0.2) is 17.5 Å². The van der Waals surface area contributed by atoms with Crippen molar-refractivity contribution in [2.75, 3.05) is 6.61 Å². The summed E-state index contributed by atoms with van der Waals surface area (Å²) in [5, 5.41) is 9.37. The second kappa shape index (κ2) is 4.93. The third kappa shape index (κ3) is 2.33. The van der Waals surface area contributed by atoms with Crippen molar-refractivity contribution in [2.45, 2.75) is 39.5 Å². The Bertz CT molecular complexity index is 321. The maximum absolute atomic E-state index is 11.9. The number of Topliss-reactive ketones (excluding diaryl/α,β-unsaturated/α-hetero) is 1. The van der Waals surface area contributed by atoms with E-state index in [0.717, 1.165) is 19.3 Å². The fourth-order valence-corrected chi connectivity index (χ4v) is 3.79. The van der Waals surface area contributed by atoms with Gasteiger partial charge < -0.3 is 5.11 Å². The molecule has 5 atom stereocenters. The van der Waals surface area contributed by atoms with Gasteiger partial charge in [0.25, 0.3) is 0 Å². The Morgan fingerprint density at radius 3 is 2.88 bits per heavy atom. The summed E-state index contributed by atoms with van der Waals surface area (Å²) in [6.45, 7) is 8.62. The van der Waals surface area contributed by atoms with Gasteiger partial charge in [-0.05, 0) is 42.9 Å². The van der Waals surface area contributed by atoms with Crippen LogP contribution in [0.2, 0.25) is 0 Å². The van der Waals surface area contributed by atoms with Gasteiger partial charge in [-0.3, -0.25) is 4.79 Å². The van der Waals surface area contributed by atoms with Gasteiger partial charge in [-0.2, -0.15) is 0 Å². The van der Waals surface area contributed by atoms with Crippen molar-refractivity contribution in [3.05, 3.63) is 12.2 Å². The zero-order valence-corrected chi connectivity index (χ0v) is 11.0. The molecule has 2 rings (SSSR count). The van der Waals surface area contributed by atoms with Gasteiger partial charge in [0, 0.05) is 18.9 Å². The van der Waals surface area contributed by atoms with Crippen molar-refractivity contribution in [1.82, 2.24) is 0 Å². The van der Waals surface area contributed by atoms with Gasteiger partial charge in [-0.1, -0.05) is 26.0 Å². The molecule has 2 aliphatic rings. The third-order valence-electron chi connectivity index (χ3n) is 5.01. The van der Waals surface area contributed by atoms with Crippen LogP contribution in [0, 0.1) is 29.6 Å². The molecule has 17 heavy (non-hydrogen) atoms. The van der Waals surface area contributed by atoms with Crippen LogP contribution in [0.25, 0.3) is 0 Å². The number of carbonyl (C=O) groups excluding carboxylic acids is 1. The largest absolute Gasteiger partial charge is 0.396 e. The number of ketones is 1. The van der Waals surface area contributed by atoms with Gasteiger partial charge in [-0.15, -0.1) is 0 Å². The molecule has 0 heterocycles. The molecule has 0 unspecified atom stereocenters. The van der Waals surface area contributed by atoms with E-state index < -0.39 is 0 Å². The Balaban J connectivity index is 2.18. The van der Waals surface area contributed by atoms with Crippen molar-refractivity contribution in [1.29, 1.82) is 0 Å². The Kier molecular flexibility index (Phi) is 3.72. The summed E-state index contributed by atoms with van der Waals surface area (Å²) in [5.41, 5.74) is 1.27. The molecule has 0 aromatic rings. The lowest BCUT2D eigenvalue weighted by molar-refractivity contribution is -0.128. The lowest BCUT2D eigenvalue weighted by Crippen LogP contribution is -2.41. The molecule has 2 heteroatoms. The number of fused-ring (bicyclic) bond motifs is 1. The molecular formula is C15H24O2. The number of aliphatic hydroxyl groups is 1. The van der Waals surface area contributed by atoms with E-state index in [0.29, 0.717) is 35.9 Å². The van der Waals surface area contributed by atoms with E-state index in [1.54, 1.807) is 0 Å². The number of hydrogen-bond donors (Lipinski definition) is 1. The average molecular weight is 236 g/mol. The van der Waals surface area contributed by atoms with Crippen LogP contribution in [0.5, 0.6) is 0 Å². The summed E-state index contributed by atoms with van der Waals surface area (Å²) < 4.78 is 0. The number of aliphatic hydroxyl groups excluding tert-OH is 1. The van der Waals surface area contributed by atoms with Gasteiger partial charge in [0.05, 0.1) is 0 Å². The quantitative estimate of drug-likeness (QED) is 0.749. The molecule has 2 saturated carbocycles. The Morgan fingerprint density at radius 1 is 1.53 bits per heavy atom. The van der Waals surface area contributed by atoms with Crippen molar-refractivity contribution < 1.29 is 9.90 Å². The van der Waals surface area contributed by atoms with Crippen LogP contribution in [0.15, 0.2) is 12.2 Å². The first-order chi connectivity index (χ1) is 8.04. The highest BCUT2D eigenvalue weighted by atomic mass is 16.3. The van der Waals surface area contributed by atoms with Crippen molar-refractivity contribution in [2.24, 2.45) is 29.6 Å². The van der Waals surface area contributed by atoms with Gasteiger partial charge in [-0.25, -0.2) is 0 Å². The normalized spacial score (nSPS) is 39.9. The van der Waals surface area contributed by atoms with E-state index in [2.05, 4.69) is 20.4 Å². The highest BCUT2D eigenvalue weighted by molar-refractivity contribution is 5.82. The lowest BCUT2D eigenvalue weighted by Gasteiger charge is -2.45. The van der Waals surface area contributed by atoms with Crippen LogP contribution in [-0.2, 0) is 4.79 Å². The maximum Gasteiger partial charge on any atom is 0.136 e. The number of hydrogen-bond acceptors (Lipinski definition) is 2. The van der Waals surface area contributed by atoms with Crippen molar-refractivity contribution in [3.8, 4) is 0 Å². The summed E-state index contributed by atoms with van der Waals surface area (Å²) in [6.07, 6.45) is 3.87. The van der Waals surface area contributed by atoms with E-state index in [1.807, 2.05) is 0 Å². The minimum absolute atomic E-state index is 0.204. The number of carbonyl (C=O) groups is 1. The average Bonchev–Trinajstić information content (AvgIpc) is 2.31. The van der Waals surface area contributed by atoms with Crippen molar-refractivity contribution >= 4 is 5.78 Å². The zero-order chi connectivity index (χ0) is 12.6. The van der Waals surface area contributed by atoms with Gasteiger partial charge >= 0.3 is 0 Å².